The number of carbonyl (C=O) groups excluding carboxylic acids is 1. The molecule has 0 bridgehead atoms. The minimum absolute atomic E-state index is 0.0387. The van der Waals surface area contributed by atoms with E-state index in [1.165, 1.54) is 0 Å². The molecule has 0 aliphatic heterocycles. The first kappa shape index (κ1) is 20.8. The van der Waals surface area contributed by atoms with E-state index in [1.54, 1.807) is 18.2 Å². The molecule has 0 aromatic heterocycles. The van der Waals surface area contributed by atoms with Crippen molar-refractivity contribution in [3.63, 3.8) is 0 Å². The van der Waals surface area contributed by atoms with Crippen LogP contribution in [0.1, 0.15) is 40.0 Å². The van der Waals surface area contributed by atoms with Gasteiger partial charge in [0.2, 0.25) is 5.91 Å². The minimum Gasteiger partial charge on any atom is -0.492 e. The standard InChI is InChI=1S/C17H26ClNO4S/c1-4-5-6-9-24(21,22)12-17(20)19-14-7-8-16(15(18)10-14)23-11-13(2)3/h7-8,10,13H,4-6,9,11-12H2,1-3H3,(H,19,20). The number of nitrogens with one attached hydrogen (secondary N) is 1. The fraction of sp³-hybridized carbons (Fsp3) is 0.588. The number of benzene rings is 1. The van der Waals surface area contributed by atoms with Gasteiger partial charge in [0.05, 0.1) is 17.4 Å². The quantitative estimate of drug-likeness (QED) is 0.629. The number of hydrogen-bond acceptors (Lipinski definition) is 4. The van der Waals surface area contributed by atoms with Crippen molar-refractivity contribution in [2.45, 2.75) is 40.0 Å². The van der Waals surface area contributed by atoms with Gasteiger partial charge in [0, 0.05) is 5.69 Å². The van der Waals surface area contributed by atoms with E-state index in [9.17, 15) is 13.2 Å². The van der Waals surface area contributed by atoms with E-state index >= 15 is 0 Å². The molecule has 1 N–H and O–H groups in total. The SMILES string of the molecule is CCCCCS(=O)(=O)CC(=O)Nc1ccc(OCC(C)C)c(Cl)c1. The van der Waals surface area contributed by atoms with E-state index in [2.05, 4.69) is 5.32 Å². The van der Waals surface area contributed by atoms with Crippen LogP contribution in [0.2, 0.25) is 5.02 Å². The zero-order chi connectivity index (χ0) is 18.2. The van der Waals surface area contributed by atoms with Gasteiger partial charge in [0.1, 0.15) is 11.5 Å². The molecule has 0 saturated carbocycles. The molecular weight excluding hydrogens is 350 g/mol. The highest BCUT2D eigenvalue weighted by Gasteiger charge is 2.16. The van der Waals surface area contributed by atoms with Crippen LogP contribution in [0.3, 0.4) is 0 Å². The Labute approximate surface area is 149 Å². The molecule has 0 aliphatic rings. The molecule has 5 nitrogen and oxygen atoms in total. The Morgan fingerprint density at radius 2 is 2.00 bits per heavy atom. The third-order valence-electron chi connectivity index (χ3n) is 3.20. The first-order valence-electron chi connectivity index (χ1n) is 8.16. The molecule has 1 aromatic carbocycles. The van der Waals surface area contributed by atoms with Crippen LogP contribution in [0, 0.1) is 5.92 Å². The summed E-state index contributed by atoms with van der Waals surface area (Å²) in [5.41, 5.74) is 0.450. The van der Waals surface area contributed by atoms with Crippen molar-refractivity contribution in [1.29, 1.82) is 0 Å². The van der Waals surface area contributed by atoms with Crippen molar-refractivity contribution >= 4 is 33.0 Å². The number of amides is 1. The predicted octanol–water partition coefficient (Wildman–Crippen LogP) is 3.92. The number of rotatable bonds is 10. The van der Waals surface area contributed by atoms with Crippen molar-refractivity contribution in [2.24, 2.45) is 5.92 Å². The summed E-state index contributed by atoms with van der Waals surface area (Å²) in [5.74, 6) is -0.121. The normalized spacial score (nSPS) is 11.5. The van der Waals surface area contributed by atoms with Crippen molar-refractivity contribution in [2.75, 3.05) is 23.4 Å². The zero-order valence-corrected chi connectivity index (χ0v) is 16.0. The van der Waals surface area contributed by atoms with Crippen LogP contribution in [0.5, 0.6) is 5.75 Å². The Kier molecular flexibility index (Phi) is 8.56. The number of ether oxygens (including phenoxy) is 1. The Bertz CT molecular complexity index is 644. The van der Waals surface area contributed by atoms with Crippen LogP contribution in [0.15, 0.2) is 18.2 Å². The van der Waals surface area contributed by atoms with Gasteiger partial charge in [0.15, 0.2) is 9.84 Å². The van der Waals surface area contributed by atoms with Gasteiger partial charge < -0.3 is 10.1 Å². The summed E-state index contributed by atoms with van der Waals surface area (Å²) in [6.07, 6.45) is 2.36. The zero-order valence-electron chi connectivity index (χ0n) is 14.5. The fourth-order valence-electron chi connectivity index (χ4n) is 1.99. The van der Waals surface area contributed by atoms with Crippen molar-refractivity contribution < 1.29 is 17.9 Å². The number of anilines is 1. The Balaban J connectivity index is 2.59. The number of unbranched alkanes of at least 4 members (excludes halogenated alkanes) is 2. The molecule has 0 atom stereocenters. The van der Waals surface area contributed by atoms with E-state index in [1.807, 2.05) is 20.8 Å². The molecule has 1 rings (SSSR count). The van der Waals surface area contributed by atoms with Crippen molar-refractivity contribution in [3.8, 4) is 5.75 Å². The molecular formula is C17H26ClNO4S. The largest absolute Gasteiger partial charge is 0.492 e. The highest BCUT2D eigenvalue weighted by Crippen LogP contribution is 2.28. The van der Waals surface area contributed by atoms with Crippen LogP contribution in [-0.4, -0.2) is 32.4 Å². The van der Waals surface area contributed by atoms with Crippen LogP contribution >= 0.6 is 11.6 Å². The maximum atomic E-state index is 11.9. The van der Waals surface area contributed by atoms with E-state index in [0.29, 0.717) is 35.4 Å². The molecule has 0 radical (unpaired) electrons. The first-order chi connectivity index (χ1) is 11.2. The van der Waals surface area contributed by atoms with Crippen molar-refractivity contribution in [1.82, 2.24) is 0 Å². The molecule has 0 unspecified atom stereocenters. The molecule has 24 heavy (non-hydrogen) atoms. The minimum atomic E-state index is -3.38. The van der Waals surface area contributed by atoms with Gasteiger partial charge in [-0.1, -0.05) is 45.2 Å². The summed E-state index contributed by atoms with van der Waals surface area (Å²) in [7, 11) is -3.38. The summed E-state index contributed by atoms with van der Waals surface area (Å²) >= 11 is 6.12. The molecule has 136 valence electrons. The summed E-state index contributed by atoms with van der Waals surface area (Å²) < 4.78 is 29.3. The highest BCUT2D eigenvalue weighted by molar-refractivity contribution is 7.92. The number of sulfone groups is 1. The third-order valence-corrected chi connectivity index (χ3v) is 5.11. The molecule has 0 spiro atoms. The Morgan fingerprint density at radius 1 is 1.29 bits per heavy atom. The van der Waals surface area contributed by atoms with Gasteiger partial charge in [0.25, 0.3) is 0 Å². The van der Waals surface area contributed by atoms with Gasteiger partial charge in [-0.2, -0.15) is 0 Å². The molecule has 1 aromatic rings. The summed E-state index contributed by atoms with van der Waals surface area (Å²) in [6.45, 7) is 6.60. The van der Waals surface area contributed by atoms with E-state index in [0.717, 1.165) is 12.8 Å². The molecule has 1 amide bonds. The molecule has 7 heteroatoms. The molecule has 0 fully saturated rings. The van der Waals surface area contributed by atoms with E-state index in [-0.39, 0.29) is 5.75 Å². The van der Waals surface area contributed by atoms with E-state index in [4.69, 9.17) is 16.3 Å². The van der Waals surface area contributed by atoms with Crippen LogP contribution < -0.4 is 10.1 Å². The highest BCUT2D eigenvalue weighted by atomic mass is 35.5. The lowest BCUT2D eigenvalue weighted by atomic mass is 10.2. The fourth-order valence-corrected chi connectivity index (χ4v) is 3.49. The average molecular weight is 376 g/mol. The van der Waals surface area contributed by atoms with Gasteiger partial charge in [-0.15, -0.1) is 0 Å². The number of carbonyl (C=O) groups is 1. The lowest BCUT2D eigenvalue weighted by Gasteiger charge is -2.12. The lowest BCUT2D eigenvalue weighted by Crippen LogP contribution is -2.24. The number of hydrogen-bond donors (Lipinski definition) is 1. The average Bonchev–Trinajstić information content (AvgIpc) is 2.45. The topological polar surface area (TPSA) is 72.5 Å². The monoisotopic (exact) mass is 375 g/mol. The van der Waals surface area contributed by atoms with Crippen LogP contribution in [-0.2, 0) is 14.6 Å². The van der Waals surface area contributed by atoms with Crippen molar-refractivity contribution in [3.05, 3.63) is 23.2 Å². The third kappa shape index (κ3) is 8.02. The molecule has 0 aliphatic carbocycles. The number of halogens is 1. The van der Waals surface area contributed by atoms with Gasteiger partial charge in [-0.25, -0.2) is 8.42 Å². The summed E-state index contributed by atoms with van der Waals surface area (Å²) in [4.78, 5) is 11.9. The maximum Gasteiger partial charge on any atom is 0.239 e. The molecule has 0 saturated heterocycles. The first-order valence-corrected chi connectivity index (χ1v) is 10.4. The Hall–Kier alpha value is -1.27. The second kappa shape index (κ2) is 9.89. The lowest BCUT2D eigenvalue weighted by molar-refractivity contribution is -0.113. The second-order valence-electron chi connectivity index (χ2n) is 6.20. The summed E-state index contributed by atoms with van der Waals surface area (Å²) in [5, 5.41) is 2.94. The van der Waals surface area contributed by atoms with Crippen LogP contribution in [0.4, 0.5) is 5.69 Å². The maximum absolute atomic E-state index is 11.9. The summed E-state index contributed by atoms with van der Waals surface area (Å²) in [6, 6.07) is 4.86. The predicted molar refractivity (Wildman–Crippen MR) is 98.6 cm³/mol. The van der Waals surface area contributed by atoms with Gasteiger partial charge in [-0.3, -0.25) is 4.79 Å². The Morgan fingerprint density at radius 3 is 2.58 bits per heavy atom. The van der Waals surface area contributed by atoms with E-state index < -0.39 is 21.5 Å². The second-order valence-corrected chi connectivity index (χ2v) is 8.79. The van der Waals surface area contributed by atoms with Crippen LogP contribution in [0.25, 0.3) is 0 Å². The van der Waals surface area contributed by atoms with Gasteiger partial charge >= 0.3 is 0 Å². The van der Waals surface area contributed by atoms with Gasteiger partial charge in [-0.05, 0) is 30.5 Å². The molecule has 0 heterocycles. The smallest absolute Gasteiger partial charge is 0.239 e.